The molecule has 0 aromatic carbocycles. The van der Waals surface area contributed by atoms with Gasteiger partial charge in [0.05, 0.1) is 5.75 Å². The highest BCUT2D eigenvalue weighted by molar-refractivity contribution is 7.89. The Labute approximate surface area is 91.4 Å². The van der Waals surface area contributed by atoms with Crippen LogP contribution >= 0.6 is 0 Å². The zero-order valence-electron chi connectivity index (χ0n) is 9.23. The molecule has 0 aliphatic carbocycles. The number of hydrogen-bond donors (Lipinski definition) is 1. The Morgan fingerprint density at radius 3 is 2.73 bits per heavy atom. The normalized spacial score (nSPS) is 11.9. The van der Waals surface area contributed by atoms with Gasteiger partial charge < -0.3 is 4.57 Å². The minimum absolute atomic E-state index is 0.219. The molecule has 15 heavy (non-hydrogen) atoms. The van der Waals surface area contributed by atoms with Crippen molar-refractivity contribution >= 4 is 10.0 Å². The molecular formula is C10H18N2O2S. The molecule has 0 bridgehead atoms. The third kappa shape index (κ3) is 4.48. The van der Waals surface area contributed by atoms with Gasteiger partial charge in [0.15, 0.2) is 0 Å². The summed E-state index contributed by atoms with van der Waals surface area (Å²) in [7, 11) is -1.18. The molecule has 0 aliphatic heterocycles. The number of hydrogen-bond acceptors (Lipinski definition) is 2. The summed E-state index contributed by atoms with van der Waals surface area (Å²) in [6.45, 7) is 2.36. The number of nitrogens with one attached hydrogen (secondary N) is 1. The molecule has 1 rings (SSSR count). The van der Waals surface area contributed by atoms with Crippen LogP contribution in [0.5, 0.6) is 0 Å². The van der Waals surface area contributed by atoms with Crippen molar-refractivity contribution in [1.29, 1.82) is 0 Å². The molecule has 0 atom stereocenters. The average Bonchev–Trinajstić information content (AvgIpc) is 2.59. The van der Waals surface area contributed by atoms with Gasteiger partial charge in [-0.1, -0.05) is 13.3 Å². The van der Waals surface area contributed by atoms with Crippen molar-refractivity contribution in [3.05, 3.63) is 24.0 Å². The lowest BCUT2D eigenvalue weighted by molar-refractivity contribution is 0.578. The fourth-order valence-corrected chi connectivity index (χ4v) is 2.46. The average molecular weight is 230 g/mol. The molecule has 0 spiro atoms. The van der Waals surface area contributed by atoms with Crippen LogP contribution in [0, 0.1) is 0 Å². The van der Waals surface area contributed by atoms with E-state index < -0.39 is 10.0 Å². The maximum atomic E-state index is 11.5. The third-order valence-corrected chi connectivity index (χ3v) is 3.57. The molecule has 0 saturated carbocycles. The van der Waals surface area contributed by atoms with E-state index in [1.54, 1.807) is 0 Å². The van der Waals surface area contributed by atoms with Gasteiger partial charge >= 0.3 is 0 Å². The summed E-state index contributed by atoms with van der Waals surface area (Å²) in [5.74, 6) is 0.219. The van der Waals surface area contributed by atoms with Crippen LogP contribution < -0.4 is 4.72 Å². The second-order valence-electron chi connectivity index (χ2n) is 3.68. The van der Waals surface area contributed by atoms with E-state index in [0.29, 0.717) is 13.0 Å². The summed E-state index contributed by atoms with van der Waals surface area (Å²) >= 11 is 0. The number of aryl methyl sites for hydroxylation is 1. The van der Waals surface area contributed by atoms with E-state index in [1.807, 2.05) is 37.0 Å². The number of nitrogens with zero attached hydrogens (tertiary/aromatic N) is 1. The van der Waals surface area contributed by atoms with Crippen LogP contribution in [-0.4, -0.2) is 18.7 Å². The Bertz CT molecular complexity index is 395. The molecule has 0 saturated heterocycles. The molecule has 1 heterocycles. The minimum Gasteiger partial charge on any atom is -0.357 e. The Hall–Kier alpha value is -0.810. The third-order valence-electron chi connectivity index (χ3n) is 2.16. The Morgan fingerprint density at radius 2 is 2.20 bits per heavy atom. The van der Waals surface area contributed by atoms with Crippen molar-refractivity contribution in [3.8, 4) is 0 Å². The van der Waals surface area contributed by atoms with Crippen molar-refractivity contribution in [2.75, 3.05) is 5.75 Å². The second-order valence-corrected chi connectivity index (χ2v) is 5.61. The molecule has 4 nitrogen and oxygen atoms in total. The molecule has 0 radical (unpaired) electrons. The van der Waals surface area contributed by atoms with Gasteiger partial charge in [-0.25, -0.2) is 13.1 Å². The van der Waals surface area contributed by atoms with Gasteiger partial charge in [-0.3, -0.25) is 0 Å². The molecule has 1 N–H and O–H groups in total. The number of sulfonamides is 1. The summed E-state index contributed by atoms with van der Waals surface area (Å²) in [5.41, 5.74) is 0.984. The summed E-state index contributed by atoms with van der Waals surface area (Å²) in [4.78, 5) is 0. The Kier molecular flexibility index (Phi) is 4.35. The van der Waals surface area contributed by atoms with E-state index in [2.05, 4.69) is 4.72 Å². The van der Waals surface area contributed by atoms with Gasteiger partial charge in [0.25, 0.3) is 0 Å². The van der Waals surface area contributed by atoms with Crippen LogP contribution in [0.2, 0.25) is 0 Å². The molecule has 1 aromatic heterocycles. The molecule has 5 heteroatoms. The number of unbranched alkanes of at least 4 members (excludes halogenated alkanes) is 1. The molecule has 1 aromatic rings. The zero-order valence-corrected chi connectivity index (χ0v) is 10.0. The van der Waals surface area contributed by atoms with Crippen LogP contribution in [0.3, 0.4) is 0 Å². The van der Waals surface area contributed by atoms with Crippen LogP contribution in [0.15, 0.2) is 18.5 Å². The van der Waals surface area contributed by atoms with Crippen LogP contribution in [0.1, 0.15) is 25.3 Å². The second kappa shape index (κ2) is 5.32. The highest BCUT2D eigenvalue weighted by Gasteiger charge is 2.08. The lowest BCUT2D eigenvalue weighted by atomic mass is 10.4. The molecule has 0 aliphatic rings. The highest BCUT2D eigenvalue weighted by Crippen LogP contribution is 2.01. The molecule has 0 amide bonds. The van der Waals surface area contributed by atoms with Gasteiger partial charge in [-0.15, -0.1) is 0 Å². The minimum atomic E-state index is -3.09. The maximum Gasteiger partial charge on any atom is 0.211 e. The van der Waals surface area contributed by atoms with Crippen LogP contribution in [0.25, 0.3) is 0 Å². The Morgan fingerprint density at radius 1 is 1.47 bits per heavy atom. The first-order valence-electron chi connectivity index (χ1n) is 5.11. The molecule has 0 unspecified atom stereocenters. The van der Waals surface area contributed by atoms with Gasteiger partial charge in [0.1, 0.15) is 0 Å². The predicted octanol–water partition coefficient (Wildman–Crippen LogP) is 1.24. The number of aromatic nitrogens is 1. The first kappa shape index (κ1) is 12.3. The van der Waals surface area contributed by atoms with Crippen molar-refractivity contribution in [2.24, 2.45) is 7.05 Å². The van der Waals surface area contributed by atoms with E-state index in [9.17, 15) is 8.42 Å². The fourth-order valence-electron chi connectivity index (χ4n) is 1.27. The monoisotopic (exact) mass is 230 g/mol. The molecule has 86 valence electrons. The number of rotatable bonds is 6. The van der Waals surface area contributed by atoms with Gasteiger partial charge in [0, 0.05) is 26.0 Å². The first-order valence-corrected chi connectivity index (χ1v) is 6.77. The van der Waals surface area contributed by atoms with E-state index in [0.717, 1.165) is 12.0 Å². The quantitative estimate of drug-likeness (QED) is 0.799. The van der Waals surface area contributed by atoms with Crippen molar-refractivity contribution in [1.82, 2.24) is 9.29 Å². The summed E-state index contributed by atoms with van der Waals surface area (Å²) < 4.78 is 27.4. The zero-order chi connectivity index (χ0) is 11.3. The van der Waals surface area contributed by atoms with Crippen LogP contribution in [-0.2, 0) is 23.6 Å². The van der Waals surface area contributed by atoms with Crippen molar-refractivity contribution < 1.29 is 8.42 Å². The largest absolute Gasteiger partial charge is 0.357 e. The smallest absolute Gasteiger partial charge is 0.211 e. The SMILES string of the molecule is CCCCS(=O)(=O)NCc1ccn(C)c1. The lowest BCUT2D eigenvalue weighted by Gasteiger charge is -2.04. The van der Waals surface area contributed by atoms with E-state index in [1.165, 1.54) is 0 Å². The lowest BCUT2D eigenvalue weighted by Crippen LogP contribution is -2.25. The van der Waals surface area contributed by atoms with Gasteiger partial charge in [-0.2, -0.15) is 0 Å². The summed E-state index contributed by atoms with van der Waals surface area (Å²) in [6.07, 6.45) is 5.41. The highest BCUT2D eigenvalue weighted by atomic mass is 32.2. The molecule has 0 fully saturated rings. The summed E-state index contributed by atoms with van der Waals surface area (Å²) in [6, 6.07) is 1.91. The van der Waals surface area contributed by atoms with Crippen LogP contribution in [0.4, 0.5) is 0 Å². The van der Waals surface area contributed by atoms with E-state index in [-0.39, 0.29) is 5.75 Å². The van der Waals surface area contributed by atoms with Crippen molar-refractivity contribution in [2.45, 2.75) is 26.3 Å². The predicted molar refractivity (Wildman–Crippen MR) is 60.9 cm³/mol. The topological polar surface area (TPSA) is 51.1 Å². The fraction of sp³-hybridized carbons (Fsp3) is 0.600. The first-order chi connectivity index (χ1) is 7.03. The molecular weight excluding hydrogens is 212 g/mol. The standard InChI is InChI=1S/C10H18N2O2S/c1-3-4-7-15(13,14)11-8-10-5-6-12(2)9-10/h5-6,9,11H,3-4,7-8H2,1-2H3. The van der Waals surface area contributed by atoms with Gasteiger partial charge in [-0.05, 0) is 18.1 Å². The van der Waals surface area contributed by atoms with Crippen molar-refractivity contribution in [3.63, 3.8) is 0 Å². The Balaban J connectivity index is 2.42. The van der Waals surface area contributed by atoms with Gasteiger partial charge in [0.2, 0.25) is 10.0 Å². The summed E-state index contributed by atoms with van der Waals surface area (Å²) in [5, 5.41) is 0. The van der Waals surface area contributed by atoms with E-state index in [4.69, 9.17) is 0 Å². The van der Waals surface area contributed by atoms with E-state index >= 15 is 0 Å². The maximum absolute atomic E-state index is 11.5.